The minimum absolute atomic E-state index is 0.243. The fraction of sp³-hybridized carbons (Fsp3) is 0.200. The molecule has 1 heterocycles. The smallest absolute Gasteiger partial charge is 0.220 e. The summed E-state index contributed by atoms with van der Waals surface area (Å²) in [6.45, 7) is 0.373. The van der Waals surface area contributed by atoms with Crippen molar-refractivity contribution < 1.29 is 9.13 Å². The van der Waals surface area contributed by atoms with Gasteiger partial charge in [0.2, 0.25) is 5.88 Å². The topological polar surface area (TPSA) is 35.0 Å². The maximum absolute atomic E-state index is 13.0. The molecule has 0 fully saturated rings. The van der Waals surface area contributed by atoms with Crippen LogP contribution in [0.5, 0.6) is 5.88 Å². The van der Waals surface area contributed by atoms with Crippen molar-refractivity contribution in [3.05, 3.63) is 77.2 Å². The van der Waals surface area contributed by atoms with Crippen LogP contribution in [0, 0.1) is 5.82 Å². The molecule has 0 bridgehead atoms. The molecule has 0 radical (unpaired) electrons. The lowest BCUT2D eigenvalue weighted by Crippen LogP contribution is -2.04. The Morgan fingerprint density at radius 3 is 2.50 bits per heavy atom. The van der Waals surface area contributed by atoms with E-state index in [1.165, 1.54) is 12.1 Å². The first-order chi connectivity index (χ1) is 11.8. The standard InChI is InChI=1S/C20H17FN2O/c21-16-11-9-14(10-12-16)13-24-20-17-7-4-8-18(17)22-19(23-20)15-5-2-1-3-6-15/h1-3,5-6,9-12H,4,7-8,13H2. The summed E-state index contributed by atoms with van der Waals surface area (Å²) in [5, 5.41) is 0. The van der Waals surface area contributed by atoms with E-state index in [4.69, 9.17) is 9.72 Å². The van der Waals surface area contributed by atoms with Crippen molar-refractivity contribution in [1.29, 1.82) is 0 Å². The highest BCUT2D eigenvalue weighted by Gasteiger charge is 2.21. The Labute approximate surface area is 140 Å². The molecule has 24 heavy (non-hydrogen) atoms. The Bertz CT molecular complexity index is 848. The lowest BCUT2D eigenvalue weighted by atomic mass is 10.2. The van der Waals surface area contributed by atoms with E-state index >= 15 is 0 Å². The van der Waals surface area contributed by atoms with Crippen LogP contribution in [0.25, 0.3) is 11.4 Å². The summed E-state index contributed by atoms with van der Waals surface area (Å²) in [5.74, 6) is 1.11. The molecule has 0 atom stereocenters. The van der Waals surface area contributed by atoms with E-state index in [1.807, 2.05) is 30.3 Å². The molecule has 0 amide bonds. The van der Waals surface area contributed by atoms with Gasteiger partial charge in [-0.25, -0.2) is 9.37 Å². The Balaban J connectivity index is 1.64. The van der Waals surface area contributed by atoms with E-state index in [2.05, 4.69) is 4.98 Å². The van der Waals surface area contributed by atoms with Crippen molar-refractivity contribution in [2.75, 3.05) is 0 Å². The molecule has 4 heteroatoms. The van der Waals surface area contributed by atoms with Crippen molar-refractivity contribution in [2.45, 2.75) is 25.9 Å². The largest absolute Gasteiger partial charge is 0.472 e. The van der Waals surface area contributed by atoms with Gasteiger partial charge in [0, 0.05) is 11.1 Å². The van der Waals surface area contributed by atoms with Crippen LogP contribution in [-0.2, 0) is 19.4 Å². The highest BCUT2D eigenvalue weighted by molar-refractivity contribution is 5.56. The van der Waals surface area contributed by atoms with E-state index in [9.17, 15) is 4.39 Å². The molecule has 120 valence electrons. The summed E-state index contributed by atoms with van der Waals surface area (Å²) in [7, 11) is 0. The summed E-state index contributed by atoms with van der Waals surface area (Å²) < 4.78 is 19.0. The Morgan fingerprint density at radius 1 is 0.917 bits per heavy atom. The Morgan fingerprint density at radius 2 is 1.71 bits per heavy atom. The minimum Gasteiger partial charge on any atom is -0.472 e. The molecule has 0 unspecified atom stereocenters. The predicted molar refractivity (Wildman–Crippen MR) is 90.2 cm³/mol. The van der Waals surface area contributed by atoms with Crippen LogP contribution in [0.15, 0.2) is 54.6 Å². The molecule has 0 saturated heterocycles. The highest BCUT2D eigenvalue weighted by atomic mass is 19.1. The van der Waals surface area contributed by atoms with Crippen LogP contribution in [0.1, 0.15) is 23.2 Å². The van der Waals surface area contributed by atoms with Crippen LogP contribution in [0.3, 0.4) is 0 Å². The van der Waals surface area contributed by atoms with Gasteiger partial charge in [0.25, 0.3) is 0 Å². The van der Waals surface area contributed by atoms with Gasteiger partial charge >= 0.3 is 0 Å². The lowest BCUT2D eigenvalue weighted by molar-refractivity contribution is 0.290. The number of benzene rings is 2. The van der Waals surface area contributed by atoms with Crippen molar-refractivity contribution in [2.24, 2.45) is 0 Å². The number of hydrogen-bond donors (Lipinski definition) is 0. The number of ether oxygens (including phenoxy) is 1. The van der Waals surface area contributed by atoms with Gasteiger partial charge in [-0.15, -0.1) is 0 Å². The monoisotopic (exact) mass is 320 g/mol. The number of fused-ring (bicyclic) bond motifs is 1. The Hall–Kier alpha value is -2.75. The number of nitrogens with zero attached hydrogens (tertiary/aromatic N) is 2. The first-order valence-corrected chi connectivity index (χ1v) is 8.12. The third-order valence-electron chi connectivity index (χ3n) is 4.22. The number of aryl methyl sites for hydroxylation is 1. The van der Waals surface area contributed by atoms with Crippen LogP contribution in [0.2, 0.25) is 0 Å². The third kappa shape index (κ3) is 3.00. The highest BCUT2D eigenvalue weighted by Crippen LogP contribution is 2.31. The van der Waals surface area contributed by atoms with Gasteiger partial charge in [-0.05, 0) is 37.0 Å². The second-order valence-corrected chi connectivity index (χ2v) is 5.91. The molecule has 1 aliphatic rings. The minimum atomic E-state index is -0.243. The fourth-order valence-electron chi connectivity index (χ4n) is 2.97. The van der Waals surface area contributed by atoms with E-state index < -0.39 is 0 Å². The second kappa shape index (κ2) is 6.40. The van der Waals surface area contributed by atoms with Crippen molar-refractivity contribution in [3.63, 3.8) is 0 Å². The number of rotatable bonds is 4. The molecule has 1 aromatic heterocycles. The maximum Gasteiger partial charge on any atom is 0.220 e. The van der Waals surface area contributed by atoms with Gasteiger partial charge < -0.3 is 4.74 Å². The van der Waals surface area contributed by atoms with Crippen LogP contribution in [0.4, 0.5) is 4.39 Å². The summed E-state index contributed by atoms with van der Waals surface area (Å²) >= 11 is 0. The molecule has 4 rings (SSSR count). The van der Waals surface area contributed by atoms with Crippen LogP contribution in [-0.4, -0.2) is 9.97 Å². The van der Waals surface area contributed by atoms with E-state index in [0.717, 1.165) is 41.6 Å². The first-order valence-electron chi connectivity index (χ1n) is 8.12. The zero-order chi connectivity index (χ0) is 16.4. The van der Waals surface area contributed by atoms with E-state index in [1.54, 1.807) is 12.1 Å². The Kier molecular flexibility index (Phi) is 3.95. The lowest BCUT2D eigenvalue weighted by Gasteiger charge is -2.12. The van der Waals surface area contributed by atoms with E-state index in [-0.39, 0.29) is 5.82 Å². The molecule has 0 spiro atoms. The summed E-state index contributed by atoms with van der Waals surface area (Å²) in [6.07, 6.45) is 2.99. The van der Waals surface area contributed by atoms with Gasteiger partial charge in [0.05, 0.1) is 5.69 Å². The predicted octanol–water partition coefficient (Wildman–Crippen LogP) is 4.35. The van der Waals surface area contributed by atoms with Crippen molar-refractivity contribution in [1.82, 2.24) is 9.97 Å². The van der Waals surface area contributed by atoms with Gasteiger partial charge in [-0.2, -0.15) is 4.98 Å². The molecule has 0 N–H and O–H groups in total. The molecule has 3 nitrogen and oxygen atoms in total. The second-order valence-electron chi connectivity index (χ2n) is 5.91. The molecule has 2 aromatic carbocycles. The zero-order valence-electron chi connectivity index (χ0n) is 13.2. The van der Waals surface area contributed by atoms with Crippen molar-refractivity contribution >= 4 is 0 Å². The van der Waals surface area contributed by atoms with Gasteiger partial charge in [-0.3, -0.25) is 0 Å². The third-order valence-corrected chi connectivity index (χ3v) is 4.22. The van der Waals surface area contributed by atoms with Crippen LogP contribution < -0.4 is 4.74 Å². The van der Waals surface area contributed by atoms with Gasteiger partial charge in [-0.1, -0.05) is 42.5 Å². The zero-order valence-corrected chi connectivity index (χ0v) is 13.2. The van der Waals surface area contributed by atoms with Crippen LogP contribution >= 0.6 is 0 Å². The van der Waals surface area contributed by atoms with Crippen molar-refractivity contribution in [3.8, 4) is 17.3 Å². The first kappa shape index (κ1) is 14.8. The fourth-order valence-corrected chi connectivity index (χ4v) is 2.97. The summed E-state index contributed by atoms with van der Waals surface area (Å²) in [4.78, 5) is 9.35. The molecule has 3 aromatic rings. The summed E-state index contributed by atoms with van der Waals surface area (Å²) in [5.41, 5.74) is 4.09. The average Bonchev–Trinajstić information content (AvgIpc) is 3.10. The quantitative estimate of drug-likeness (QED) is 0.717. The van der Waals surface area contributed by atoms with Gasteiger partial charge in [0.1, 0.15) is 12.4 Å². The summed E-state index contributed by atoms with van der Waals surface area (Å²) in [6, 6.07) is 16.3. The molecule has 0 saturated carbocycles. The number of aromatic nitrogens is 2. The number of halogens is 1. The van der Waals surface area contributed by atoms with E-state index in [0.29, 0.717) is 18.3 Å². The van der Waals surface area contributed by atoms with Gasteiger partial charge in [0.15, 0.2) is 5.82 Å². The molecular formula is C20H17FN2O. The SMILES string of the molecule is Fc1ccc(COc2nc(-c3ccccc3)nc3c2CCC3)cc1. The molecule has 1 aliphatic carbocycles. The molecular weight excluding hydrogens is 303 g/mol. The average molecular weight is 320 g/mol. The molecule has 0 aliphatic heterocycles. The normalized spacial score (nSPS) is 12.9. The number of hydrogen-bond acceptors (Lipinski definition) is 3. The maximum atomic E-state index is 13.0.